The van der Waals surface area contributed by atoms with Gasteiger partial charge >= 0.3 is 0 Å². The van der Waals surface area contributed by atoms with Crippen molar-refractivity contribution in [1.29, 1.82) is 0 Å². The van der Waals surface area contributed by atoms with Crippen LogP contribution in [0, 0.1) is 0 Å². The molecule has 0 unspecified atom stereocenters. The van der Waals surface area contributed by atoms with E-state index >= 15 is 0 Å². The molecule has 2 heteroatoms. The lowest BCUT2D eigenvalue weighted by atomic mass is 9.96. The molecule has 0 saturated heterocycles. The van der Waals surface area contributed by atoms with Crippen LogP contribution in [0.3, 0.4) is 0 Å². The standard InChI is InChI=1S/C14H21NO/c1-14(2,3)15-9-11-5-4-6-12-10-16-8-7-13(11)12/h4-6,15H,7-10H2,1-3H3. The number of benzene rings is 1. The van der Waals surface area contributed by atoms with E-state index in [0.29, 0.717) is 0 Å². The fourth-order valence-corrected chi connectivity index (χ4v) is 2.03. The fourth-order valence-electron chi connectivity index (χ4n) is 2.03. The molecular formula is C14H21NO. The lowest BCUT2D eigenvalue weighted by Crippen LogP contribution is -2.35. The largest absolute Gasteiger partial charge is 0.376 e. The van der Waals surface area contributed by atoms with E-state index in [0.717, 1.165) is 26.2 Å². The van der Waals surface area contributed by atoms with Crippen molar-refractivity contribution in [2.75, 3.05) is 6.61 Å². The van der Waals surface area contributed by atoms with Crippen molar-refractivity contribution in [2.45, 2.75) is 45.9 Å². The van der Waals surface area contributed by atoms with Crippen molar-refractivity contribution >= 4 is 0 Å². The molecule has 0 bridgehead atoms. The van der Waals surface area contributed by atoms with Gasteiger partial charge < -0.3 is 10.1 Å². The molecule has 0 fully saturated rings. The van der Waals surface area contributed by atoms with E-state index in [1.165, 1.54) is 16.7 Å². The van der Waals surface area contributed by atoms with Gasteiger partial charge in [-0.1, -0.05) is 18.2 Å². The van der Waals surface area contributed by atoms with E-state index in [4.69, 9.17) is 4.74 Å². The van der Waals surface area contributed by atoms with Gasteiger partial charge in [0.15, 0.2) is 0 Å². The normalized spacial score (nSPS) is 15.9. The SMILES string of the molecule is CC(C)(C)NCc1cccc2c1CCOC2. The highest BCUT2D eigenvalue weighted by molar-refractivity contribution is 5.36. The van der Waals surface area contributed by atoms with Crippen LogP contribution in [0.1, 0.15) is 37.5 Å². The smallest absolute Gasteiger partial charge is 0.0719 e. The average Bonchev–Trinajstić information content (AvgIpc) is 2.25. The number of ether oxygens (including phenoxy) is 1. The minimum Gasteiger partial charge on any atom is -0.376 e. The van der Waals surface area contributed by atoms with Crippen molar-refractivity contribution in [3.8, 4) is 0 Å². The monoisotopic (exact) mass is 219 g/mol. The van der Waals surface area contributed by atoms with Crippen molar-refractivity contribution in [1.82, 2.24) is 5.32 Å². The van der Waals surface area contributed by atoms with E-state index in [1.807, 2.05) is 0 Å². The number of rotatable bonds is 2. The summed E-state index contributed by atoms with van der Waals surface area (Å²) in [7, 11) is 0. The molecule has 88 valence electrons. The molecule has 1 aliphatic rings. The van der Waals surface area contributed by atoms with Gasteiger partial charge in [-0.3, -0.25) is 0 Å². The Labute approximate surface area is 98.0 Å². The maximum atomic E-state index is 5.48. The van der Waals surface area contributed by atoms with E-state index in [1.54, 1.807) is 0 Å². The Kier molecular flexibility index (Phi) is 3.31. The van der Waals surface area contributed by atoms with Crippen molar-refractivity contribution < 1.29 is 4.74 Å². The molecule has 1 aromatic carbocycles. The second-order valence-electron chi connectivity index (χ2n) is 5.46. The molecule has 0 spiro atoms. The lowest BCUT2D eigenvalue weighted by molar-refractivity contribution is 0.110. The first kappa shape index (κ1) is 11.6. The molecular weight excluding hydrogens is 198 g/mol. The van der Waals surface area contributed by atoms with Crippen LogP contribution in [-0.4, -0.2) is 12.1 Å². The molecule has 0 amide bonds. The minimum atomic E-state index is 0.174. The molecule has 2 rings (SSSR count). The van der Waals surface area contributed by atoms with Crippen LogP contribution in [0.4, 0.5) is 0 Å². The summed E-state index contributed by atoms with van der Waals surface area (Å²) in [6.07, 6.45) is 1.05. The Bertz CT molecular complexity index is 365. The highest BCUT2D eigenvalue weighted by Crippen LogP contribution is 2.21. The molecule has 0 aromatic heterocycles. The first-order chi connectivity index (χ1) is 7.56. The summed E-state index contributed by atoms with van der Waals surface area (Å²) in [6.45, 7) is 9.19. The van der Waals surface area contributed by atoms with Crippen molar-refractivity contribution in [3.05, 3.63) is 34.9 Å². The van der Waals surface area contributed by atoms with E-state index in [2.05, 4.69) is 44.3 Å². The summed E-state index contributed by atoms with van der Waals surface area (Å²) in [5.74, 6) is 0. The minimum absolute atomic E-state index is 0.174. The van der Waals surface area contributed by atoms with Crippen LogP contribution in [0.2, 0.25) is 0 Å². The van der Waals surface area contributed by atoms with Crippen molar-refractivity contribution in [2.24, 2.45) is 0 Å². The Morgan fingerprint density at radius 2 is 2.12 bits per heavy atom. The Balaban J connectivity index is 2.15. The van der Waals surface area contributed by atoms with Crippen LogP contribution in [0.5, 0.6) is 0 Å². The number of nitrogens with one attached hydrogen (secondary N) is 1. The van der Waals surface area contributed by atoms with E-state index in [-0.39, 0.29) is 5.54 Å². The second-order valence-corrected chi connectivity index (χ2v) is 5.46. The summed E-state index contributed by atoms with van der Waals surface area (Å²) >= 11 is 0. The zero-order valence-electron chi connectivity index (χ0n) is 10.5. The Morgan fingerprint density at radius 3 is 2.88 bits per heavy atom. The molecule has 0 atom stereocenters. The average molecular weight is 219 g/mol. The molecule has 1 aliphatic heterocycles. The molecule has 1 aromatic rings. The molecule has 16 heavy (non-hydrogen) atoms. The van der Waals surface area contributed by atoms with Gasteiger partial charge in [0.1, 0.15) is 0 Å². The Morgan fingerprint density at radius 1 is 1.31 bits per heavy atom. The molecule has 1 N–H and O–H groups in total. The molecule has 0 radical (unpaired) electrons. The fraction of sp³-hybridized carbons (Fsp3) is 0.571. The predicted molar refractivity (Wildman–Crippen MR) is 66.4 cm³/mol. The maximum absolute atomic E-state index is 5.48. The van der Waals surface area contributed by atoms with Gasteiger partial charge in [-0.15, -0.1) is 0 Å². The van der Waals surface area contributed by atoms with Gasteiger partial charge in [-0.2, -0.15) is 0 Å². The highest BCUT2D eigenvalue weighted by Gasteiger charge is 2.14. The zero-order chi connectivity index (χ0) is 11.6. The van der Waals surface area contributed by atoms with Gasteiger partial charge in [0, 0.05) is 12.1 Å². The highest BCUT2D eigenvalue weighted by atomic mass is 16.5. The van der Waals surface area contributed by atoms with Crippen LogP contribution in [0.25, 0.3) is 0 Å². The molecule has 2 nitrogen and oxygen atoms in total. The zero-order valence-corrected chi connectivity index (χ0v) is 10.5. The second kappa shape index (κ2) is 4.56. The topological polar surface area (TPSA) is 21.3 Å². The third-order valence-electron chi connectivity index (χ3n) is 2.93. The maximum Gasteiger partial charge on any atom is 0.0719 e. The van der Waals surface area contributed by atoms with Gasteiger partial charge in [0.05, 0.1) is 13.2 Å². The summed E-state index contributed by atoms with van der Waals surface area (Å²) < 4.78 is 5.48. The van der Waals surface area contributed by atoms with Crippen LogP contribution in [-0.2, 0) is 24.3 Å². The van der Waals surface area contributed by atoms with Gasteiger partial charge in [0.25, 0.3) is 0 Å². The number of hydrogen-bond acceptors (Lipinski definition) is 2. The first-order valence-corrected chi connectivity index (χ1v) is 5.99. The summed E-state index contributed by atoms with van der Waals surface area (Å²) in [5, 5.41) is 3.55. The Hall–Kier alpha value is -0.860. The third kappa shape index (κ3) is 2.83. The quantitative estimate of drug-likeness (QED) is 0.825. The predicted octanol–water partition coefficient (Wildman–Crippen LogP) is 2.65. The van der Waals surface area contributed by atoms with Gasteiger partial charge in [-0.25, -0.2) is 0 Å². The lowest BCUT2D eigenvalue weighted by Gasteiger charge is -2.24. The van der Waals surface area contributed by atoms with E-state index < -0.39 is 0 Å². The van der Waals surface area contributed by atoms with Crippen LogP contribution in [0.15, 0.2) is 18.2 Å². The summed E-state index contributed by atoms with van der Waals surface area (Å²) in [4.78, 5) is 0. The summed E-state index contributed by atoms with van der Waals surface area (Å²) in [6, 6.07) is 6.53. The van der Waals surface area contributed by atoms with Gasteiger partial charge in [-0.05, 0) is 43.9 Å². The van der Waals surface area contributed by atoms with Crippen molar-refractivity contribution in [3.63, 3.8) is 0 Å². The summed E-state index contributed by atoms with van der Waals surface area (Å²) in [5.41, 5.74) is 4.45. The molecule has 0 saturated carbocycles. The first-order valence-electron chi connectivity index (χ1n) is 5.99. The number of fused-ring (bicyclic) bond motifs is 1. The third-order valence-corrected chi connectivity index (χ3v) is 2.93. The van der Waals surface area contributed by atoms with E-state index in [9.17, 15) is 0 Å². The van der Waals surface area contributed by atoms with Crippen LogP contribution < -0.4 is 5.32 Å². The molecule has 0 aliphatic carbocycles. The van der Waals surface area contributed by atoms with Crippen LogP contribution >= 0.6 is 0 Å². The number of hydrogen-bond donors (Lipinski definition) is 1. The van der Waals surface area contributed by atoms with Gasteiger partial charge in [0.2, 0.25) is 0 Å². The molecule has 1 heterocycles.